The maximum atomic E-state index is 14.4. The number of rotatable bonds is 11. The molecular weight excluding hydrogens is 880 g/mol. The number of ether oxygens (including phenoxy) is 1. The van der Waals surface area contributed by atoms with Gasteiger partial charge in [-0.2, -0.15) is 26.3 Å². The number of imide groups is 1. The van der Waals surface area contributed by atoms with Gasteiger partial charge in [-0.05, 0) is 88.6 Å². The lowest BCUT2D eigenvalue weighted by Gasteiger charge is -2.44. The summed E-state index contributed by atoms with van der Waals surface area (Å²) in [6.45, 7) is 8.45. The van der Waals surface area contributed by atoms with Crippen molar-refractivity contribution in [2.45, 2.75) is 76.9 Å². The molecule has 4 aromatic rings. The summed E-state index contributed by atoms with van der Waals surface area (Å²) in [5.41, 5.74) is -0.851. The Morgan fingerprint density at radius 3 is 1.98 bits per heavy atom. The third-order valence-electron chi connectivity index (χ3n) is 12.2. The zero-order chi connectivity index (χ0) is 44.1. The third-order valence-corrected chi connectivity index (χ3v) is 17.7. The molecule has 0 spiro atoms. The van der Waals surface area contributed by atoms with Crippen LogP contribution >= 0.6 is 15.9 Å². The molecule has 2 amide bonds. The van der Waals surface area contributed by atoms with Gasteiger partial charge in [0.25, 0.3) is 8.32 Å². The van der Waals surface area contributed by atoms with Crippen LogP contribution in [-0.4, -0.2) is 44.6 Å². The van der Waals surface area contributed by atoms with Crippen LogP contribution in [0.2, 0.25) is 5.04 Å². The topological polar surface area (TPSA) is 76.1 Å². The molecule has 0 saturated carbocycles. The first-order valence-corrected chi connectivity index (χ1v) is 22.9. The first-order chi connectivity index (χ1) is 28.7. The van der Waals surface area contributed by atoms with Crippen LogP contribution in [0.25, 0.3) is 6.08 Å². The molecule has 3 aliphatic rings. The number of anilines is 1. The summed E-state index contributed by atoms with van der Waals surface area (Å²) in [6, 6.07) is 25.9. The first kappa shape index (κ1) is 44.5. The van der Waals surface area contributed by atoms with Crippen LogP contribution in [0.3, 0.4) is 0 Å². The van der Waals surface area contributed by atoms with Gasteiger partial charge in [0.15, 0.2) is 0 Å². The first-order valence-electron chi connectivity index (χ1n) is 20.2. The van der Waals surface area contributed by atoms with Crippen LogP contribution in [0.15, 0.2) is 118 Å². The summed E-state index contributed by atoms with van der Waals surface area (Å²) in [7, 11) is -3.16. The lowest BCUT2D eigenvalue weighted by molar-refractivity contribution is -0.143. The summed E-state index contributed by atoms with van der Waals surface area (Å²) in [5.74, 6) is -4.44. The molecule has 0 aromatic heterocycles. The van der Waals surface area contributed by atoms with Crippen molar-refractivity contribution < 1.29 is 50.2 Å². The minimum Gasteiger partial charge on any atom is -0.507 e. The van der Waals surface area contributed by atoms with E-state index in [1.54, 1.807) is 12.1 Å². The molecule has 0 bridgehead atoms. The van der Waals surface area contributed by atoms with E-state index in [0.29, 0.717) is 41.9 Å². The van der Waals surface area contributed by atoms with Crippen LogP contribution < -0.4 is 15.3 Å². The van der Waals surface area contributed by atoms with Crippen LogP contribution in [0.1, 0.15) is 70.1 Å². The monoisotopic (exact) mass is 925 g/mol. The van der Waals surface area contributed by atoms with Gasteiger partial charge in [0, 0.05) is 16.0 Å². The molecule has 1 N–H and O–H groups in total. The number of aromatic hydroxyl groups is 1. The smallest absolute Gasteiger partial charge is 0.416 e. The van der Waals surface area contributed by atoms with E-state index in [2.05, 4.69) is 36.7 Å². The summed E-state index contributed by atoms with van der Waals surface area (Å²) in [4.78, 5) is 29.3. The van der Waals surface area contributed by atoms with Gasteiger partial charge in [-0.1, -0.05) is 116 Å². The Hall–Kier alpha value is -4.50. The Balaban J connectivity index is 1.31. The molecule has 1 aliphatic carbocycles. The minimum atomic E-state index is -5.18. The molecule has 4 aromatic carbocycles. The van der Waals surface area contributed by atoms with Crippen molar-refractivity contribution in [1.29, 1.82) is 0 Å². The number of amides is 2. The van der Waals surface area contributed by atoms with Gasteiger partial charge in [-0.25, -0.2) is 4.90 Å². The number of alkyl halides is 6. The van der Waals surface area contributed by atoms with Gasteiger partial charge in [0.1, 0.15) is 5.75 Å². The predicted octanol–water partition coefficient (Wildman–Crippen LogP) is 10.9. The van der Waals surface area contributed by atoms with Gasteiger partial charge >= 0.3 is 12.4 Å². The highest BCUT2D eigenvalue weighted by atomic mass is 79.9. The van der Waals surface area contributed by atoms with Crippen LogP contribution in [-0.2, 0) is 31.1 Å². The standard InChI is InChI=1S/C47H46BrF6NO5Si/c1-5-28(20-29-21-33(48)17-18-39(29)56)16-19-40-41-30(26-60-61(45(2,3)4,35-12-8-6-9-13-35)36-14-10-7-11-15-36)22-37-42(38(41)27-59-40)44(58)55(43(37)57)34-24-31(46(49,50)51)23-32(25-34)47(52,53)54/h6-15,17-18,20-21,23-25,37-38,40,42,56H,5,16,19,22,26-27H2,1-4H3/b28-20+/t37-,38+,40-,42-/m1/s1. The second kappa shape index (κ2) is 17.0. The summed E-state index contributed by atoms with van der Waals surface area (Å²) >= 11 is 3.46. The van der Waals surface area contributed by atoms with Crippen molar-refractivity contribution in [3.8, 4) is 5.75 Å². The van der Waals surface area contributed by atoms with Gasteiger partial charge in [-0.15, -0.1) is 0 Å². The number of carbonyl (C=O) groups excluding carboxylic acids is 2. The molecule has 2 aliphatic heterocycles. The van der Waals surface area contributed by atoms with E-state index in [9.17, 15) is 41.0 Å². The van der Waals surface area contributed by atoms with E-state index in [1.807, 2.05) is 79.7 Å². The second-order valence-electron chi connectivity index (χ2n) is 16.9. The highest BCUT2D eigenvalue weighted by Crippen LogP contribution is 2.52. The molecule has 14 heteroatoms. The minimum absolute atomic E-state index is 0.00309. The predicted molar refractivity (Wildman–Crippen MR) is 228 cm³/mol. The number of phenolic OH excluding ortho intramolecular Hbond substituents is 1. The lowest BCUT2D eigenvalue weighted by Crippen LogP contribution is -2.66. The fraction of sp³-hybridized carbons (Fsp3) is 0.362. The van der Waals surface area contributed by atoms with E-state index in [0.717, 1.165) is 31.6 Å². The largest absolute Gasteiger partial charge is 0.507 e. The Morgan fingerprint density at radius 1 is 0.852 bits per heavy atom. The fourth-order valence-electron chi connectivity index (χ4n) is 9.41. The quantitative estimate of drug-likeness (QED) is 0.0702. The van der Waals surface area contributed by atoms with E-state index in [1.165, 1.54) is 0 Å². The number of allylic oxidation sites excluding steroid dienone is 1. The number of hydrogen-bond acceptors (Lipinski definition) is 5. The summed E-state index contributed by atoms with van der Waals surface area (Å²) in [5, 5.41) is 12.2. The number of hydrogen-bond donors (Lipinski definition) is 1. The molecule has 61 heavy (non-hydrogen) atoms. The molecular formula is C47H46BrF6NO5Si. The van der Waals surface area contributed by atoms with Crippen molar-refractivity contribution in [2.24, 2.45) is 17.8 Å². The maximum Gasteiger partial charge on any atom is 0.416 e. The SMILES string of the molecule is CC/C(=C\c1cc(Br)ccc1O)CC[C@H]1OC[C@H]2C1=C(CO[Si](c1ccccc1)(c1ccccc1)C(C)(C)C)C[C@H]1C(=O)N(c3cc(C(F)(F)F)cc(C(F)(F)F)c3)C(=O)[C@H]12. The number of benzene rings is 4. The van der Waals surface area contributed by atoms with Crippen molar-refractivity contribution in [2.75, 3.05) is 18.1 Å². The van der Waals surface area contributed by atoms with Gasteiger partial charge in [-0.3, -0.25) is 9.59 Å². The Kier molecular flexibility index (Phi) is 12.4. The normalized spacial score (nSPS) is 21.3. The van der Waals surface area contributed by atoms with Gasteiger partial charge in [0.2, 0.25) is 11.8 Å². The van der Waals surface area contributed by atoms with Crippen LogP contribution in [0.4, 0.5) is 32.0 Å². The highest BCUT2D eigenvalue weighted by molar-refractivity contribution is 9.10. The molecule has 2 saturated heterocycles. The Bertz CT molecular complexity index is 2290. The van der Waals surface area contributed by atoms with E-state index < -0.39 is 78.2 Å². The lowest BCUT2D eigenvalue weighted by atomic mass is 9.69. The number of nitrogens with zero attached hydrogens (tertiary/aromatic N) is 1. The van der Waals surface area contributed by atoms with Gasteiger partial charge in [0.05, 0.1) is 48.0 Å². The zero-order valence-corrected chi connectivity index (χ0v) is 36.6. The van der Waals surface area contributed by atoms with E-state index >= 15 is 0 Å². The van der Waals surface area contributed by atoms with Crippen molar-refractivity contribution in [1.82, 2.24) is 0 Å². The molecule has 2 fully saturated rings. The van der Waals surface area contributed by atoms with Gasteiger partial charge < -0.3 is 14.3 Å². The van der Waals surface area contributed by atoms with E-state index in [-0.39, 0.29) is 31.5 Å². The molecule has 6 nitrogen and oxygen atoms in total. The summed E-state index contributed by atoms with van der Waals surface area (Å²) in [6.07, 6.45) is -7.29. The Morgan fingerprint density at radius 2 is 1.44 bits per heavy atom. The number of carbonyl (C=O) groups is 2. The molecule has 0 unspecified atom stereocenters. The zero-order valence-electron chi connectivity index (χ0n) is 34.0. The van der Waals surface area contributed by atoms with E-state index in [4.69, 9.17) is 9.16 Å². The summed E-state index contributed by atoms with van der Waals surface area (Å²) < 4.78 is 98.6. The maximum absolute atomic E-state index is 14.4. The Labute approximate surface area is 360 Å². The number of phenols is 1. The van der Waals surface area contributed by atoms with Crippen LogP contribution in [0.5, 0.6) is 5.75 Å². The number of fused-ring (bicyclic) bond motifs is 3. The van der Waals surface area contributed by atoms with Crippen LogP contribution in [0, 0.1) is 17.8 Å². The fourth-order valence-corrected chi connectivity index (χ4v) is 14.3. The molecule has 2 heterocycles. The third kappa shape index (κ3) is 8.65. The average molecular weight is 927 g/mol. The molecule has 7 rings (SSSR count). The van der Waals surface area contributed by atoms with Crippen molar-refractivity contribution in [3.05, 3.63) is 135 Å². The van der Waals surface area contributed by atoms with Crippen molar-refractivity contribution >= 4 is 58.2 Å². The molecule has 0 radical (unpaired) electrons. The number of halogens is 7. The highest BCUT2D eigenvalue weighted by Gasteiger charge is 2.58. The average Bonchev–Trinajstić information content (AvgIpc) is 3.74. The second-order valence-corrected chi connectivity index (χ2v) is 22.2. The molecule has 4 atom stereocenters. The molecule has 322 valence electrons. The van der Waals surface area contributed by atoms with Crippen molar-refractivity contribution in [3.63, 3.8) is 0 Å².